The fourth-order valence-corrected chi connectivity index (χ4v) is 4.52. The number of halogens is 1. The lowest BCUT2D eigenvalue weighted by Gasteiger charge is -2.29. The van der Waals surface area contributed by atoms with Crippen LogP contribution in [0.4, 0.5) is 0 Å². The van der Waals surface area contributed by atoms with E-state index in [2.05, 4.69) is 59.4 Å². The van der Waals surface area contributed by atoms with E-state index in [1.54, 1.807) is 7.11 Å². The molecule has 1 N–H and O–H groups in total. The highest BCUT2D eigenvalue weighted by Gasteiger charge is 2.38. The van der Waals surface area contributed by atoms with Crippen LogP contribution in [0, 0.1) is 17.8 Å². The van der Waals surface area contributed by atoms with Gasteiger partial charge in [-0.05, 0) is 78.1 Å². The summed E-state index contributed by atoms with van der Waals surface area (Å²) in [5, 5.41) is 3.79. The van der Waals surface area contributed by atoms with Crippen molar-refractivity contribution in [3.8, 4) is 5.75 Å². The Morgan fingerprint density at radius 1 is 1.24 bits per heavy atom. The number of benzene rings is 1. The van der Waals surface area contributed by atoms with Gasteiger partial charge in [0.05, 0.1) is 11.6 Å². The van der Waals surface area contributed by atoms with Gasteiger partial charge in [-0.3, -0.25) is 0 Å². The molecule has 0 spiro atoms. The van der Waals surface area contributed by atoms with Crippen molar-refractivity contribution in [1.82, 2.24) is 5.32 Å². The van der Waals surface area contributed by atoms with Crippen LogP contribution in [0.3, 0.4) is 0 Å². The molecule has 2 bridgehead atoms. The number of ether oxygens (including phenoxy) is 1. The summed E-state index contributed by atoms with van der Waals surface area (Å²) in [6, 6.07) is 7.24. The Bertz CT molecular complexity index is 542. The van der Waals surface area contributed by atoms with Crippen molar-refractivity contribution >= 4 is 15.9 Å². The summed E-state index contributed by atoms with van der Waals surface area (Å²) in [6.45, 7) is 4.59. The molecule has 3 heteroatoms. The van der Waals surface area contributed by atoms with Crippen molar-refractivity contribution < 1.29 is 4.74 Å². The molecule has 0 aromatic heterocycles. The second kappa shape index (κ2) is 6.13. The minimum Gasteiger partial charge on any atom is -0.496 e. The maximum absolute atomic E-state index is 5.30. The molecule has 1 aromatic rings. The largest absolute Gasteiger partial charge is 0.496 e. The first-order valence-corrected chi connectivity index (χ1v) is 8.65. The van der Waals surface area contributed by atoms with Crippen LogP contribution in [-0.2, 0) is 0 Å². The molecule has 0 heterocycles. The summed E-state index contributed by atoms with van der Waals surface area (Å²) >= 11 is 3.57. The molecule has 0 saturated heterocycles. The first-order valence-electron chi connectivity index (χ1n) is 7.86. The number of allylic oxidation sites excluding steroid dienone is 2. The van der Waals surface area contributed by atoms with Gasteiger partial charge in [-0.2, -0.15) is 0 Å². The Morgan fingerprint density at radius 2 is 2.05 bits per heavy atom. The molecule has 1 aromatic carbocycles. The van der Waals surface area contributed by atoms with Gasteiger partial charge in [-0.15, -0.1) is 0 Å². The molecule has 2 aliphatic carbocycles. The van der Waals surface area contributed by atoms with Gasteiger partial charge in [0, 0.05) is 12.1 Å². The molecule has 0 aliphatic heterocycles. The van der Waals surface area contributed by atoms with Crippen LogP contribution in [0.25, 0.3) is 0 Å². The first-order chi connectivity index (χ1) is 10.1. The second-order valence-corrected chi connectivity index (χ2v) is 7.37. The van der Waals surface area contributed by atoms with Gasteiger partial charge in [-0.25, -0.2) is 0 Å². The van der Waals surface area contributed by atoms with Gasteiger partial charge in [-0.1, -0.05) is 18.2 Å². The van der Waals surface area contributed by atoms with E-state index in [1.165, 1.54) is 18.4 Å². The molecule has 1 saturated carbocycles. The molecule has 2 aliphatic rings. The van der Waals surface area contributed by atoms with Crippen LogP contribution in [0.15, 0.2) is 34.8 Å². The summed E-state index contributed by atoms with van der Waals surface area (Å²) in [4.78, 5) is 0. The number of hydrogen-bond donors (Lipinski definition) is 1. The highest BCUT2D eigenvalue weighted by molar-refractivity contribution is 9.10. The van der Waals surface area contributed by atoms with Crippen molar-refractivity contribution in [2.45, 2.75) is 38.8 Å². The van der Waals surface area contributed by atoms with E-state index in [9.17, 15) is 0 Å². The maximum atomic E-state index is 5.30. The third-order valence-corrected chi connectivity index (χ3v) is 5.78. The Hall–Kier alpha value is -0.800. The van der Waals surface area contributed by atoms with E-state index in [0.29, 0.717) is 12.1 Å². The predicted molar refractivity (Wildman–Crippen MR) is 90.6 cm³/mol. The fraction of sp³-hybridized carbons (Fsp3) is 0.556. The predicted octanol–water partition coefficient (Wildman–Crippen LogP) is 4.71. The summed E-state index contributed by atoms with van der Waals surface area (Å²) in [5.41, 5.74) is 1.30. The molecule has 0 radical (unpaired) electrons. The normalized spacial score (nSPS) is 29.6. The monoisotopic (exact) mass is 349 g/mol. The zero-order chi connectivity index (χ0) is 15.0. The van der Waals surface area contributed by atoms with Crippen LogP contribution in [0.2, 0.25) is 0 Å². The minimum atomic E-state index is 0.352. The SMILES string of the molecule is COc1ccc(C(C)NC(C)C2CC3C=CC2C3)cc1Br. The van der Waals surface area contributed by atoms with Crippen molar-refractivity contribution in [1.29, 1.82) is 0 Å². The lowest BCUT2D eigenvalue weighted by Crippen LogP contribution is -2.37. The van der Waals surface area contributed by atoms with Crippen molar-refractivity contribution in [2.75, 3.05) is 7.11 Å². The molecule has 5 atom stereocenters. The van der Waals surface area contributed by atoms with Gasteiger partial charge in [0.15, 0.2) is 0 Å². The average molecular weight is 350 g/mol. The zero-order valence-corrected chi connectivity index (χ0v) is 14.6. The van der Waals surface area contributed by atoms with E-state index in [-0.39, 0.29) is 0 Å². The second-order valence-electron chi connectivity index (χ2n) is 6.52. The number of fused-ring (bicyclic) bond motifs is 2. The highest BCUT2D eigenvalue weighted by Crippen LogP contribution is 2.45. The molecule has 1 fully saturated rings. The van der Waals surface area contributed by atoms with Gasteiger partial charge < -0.3 is 10.1 Å². The van der Waals surface area contributed by atoms with Crippen LogP contribution >= 0.6 is 15.9 Å². The van der Waals surface area contributed by atoms with Crippen molar-refractivity contribution in [3.05, 3.63) is 40.4 Å². The third kappa shape index (κ3) is 3.04. The van der Waals surface area contributed by atoms with Crippen LogP contribution < -0.4 is 10.1 Å². The molecule has 3 rings (SSSR count). The molecule has 21 heavy (non-hydrogen) atoms. The Morgan fingerprint density at radius 3 is 2.62 bits per heavy atom. The van der Waals surface area contributed by atoms with E-state index >= 15 is 0 Å². The van der Waals surface area contributed by atoms with Crippen molar-refractivity contribution in [2.24, 2.45) is 17.8 Å². The number of methoxy groups -OCH3 is 1. The summed E-state index contributed by atoms with van der Waals surface area (Å²) < 4.78 is 6.32. The van der Waals surface area contributed by atoms with Crippen LogP contribution in [-0.4, -0.2) is 13.2 Å². The Labute approximate surface area is 136 Å². The Kier molecular flexibility index (Phi) is 4.41. The number of hydrogen-bond acceptors (Lipinski definition) is 2. The lowest BCUT2D eigenvalue weighted by molar-refractivity contribution is 0.307. The first kappa shape index (κ1) is 15.1. The quantitative estimate of drug-likeness (QED) is 0.777. The van der Waals surface area contributed by atoms with E-state index in [1.807, 2.05) is 6.07 Å². The van der Waals surface area contributed by atoms with E-state index < -0.39 is 0 Å². The molecule has 114 valence electrons. The fourth-order valence-electron chi connectivity index (χ4n) is 3.96. The third-order valence-electron chi connectivity index (χ3n) is 5.16. The summed E-state index contributed by atoms with van der Waals surface area (Å²) in [6.07, 6.45) is 7.58. The standard InChI is InChI=1S/C18H24BrNO/c1-11(14-6-7-18(21-3)17(19)10-14)20-12(2)16-9-13-4-5-15(16)8-13/h4-7,10-13,15-16,20H,8-9H2,1-3H3. The highest BCUT2D eigenvalue weighted by atomic mass is 79.9. The van der Waals surface area contributed by atoms with Gasteiger partial charge in [0.2, 0.25) is 0 Å². The lowest BCUT2D eigenvalue weighted by atomic mass is 9.87. The molecule has 2 nitrogen and oxygen atoms in total. The number of rotatable bonds is 5. The Balaban J connectivity index is 1.64. The van der Waals surface area contributed by atoms with Crippen LogP contribution in [0.5, 0.6) is 5.75 Å². The smallest absolute Gasteiger partial charge is 0.133 e. The maximum Gasteiger partial charge on any atom is 0.133 e. The van der Waals surface area contributed by atoms with Gasteiger partial charge in [0.25, 0.3) is 0 Å². The minimum absolute atomic E-state index is 0.352. The molecular formula is C18H24BrNO. The van der Waals surface area contributed by atoms with E-state index in [0.717, 1.165) is 28.0 Å². The van der Waals surface area contributed by atoms with Crippen molar-refractivity contribution in [3.63, 3.8) is 0 Å². The summed E-state index contributed by atoms with van der Waals surface area (Å²) in [7, 11) is 1.70. The van der Waals surface area contributed by atoms with Crippen LogP contribution in [0.1, 0.15) is 38.3 Å². The molecule has 0 amide bonds. The van der Waals surface area contributed by atoms with Gasteiger partial charge in [0.1, 0.15) is 5.75 Å². The topological polar surface area (TPSA) is 21.3 Å². The van der Waals surface area contributed by atoms with Gasteiger partial charge >= 0.3 is 0 Å². The molecular weight excluding hydrogens is 326 g/mol. The number of nitrogens with one attached hydrogen (secondary N) is 1. The summed E-state index contributed by atoms with van der Waals surface area (Å²) in [5.74, 6) is 3.32. The van der Waals surface area contributed by atoms with E-state index in [4.69, 9.17) is 4.74 Å². The average Bonchev–Trinajstić information content (AvgIpc) is 3.09. The molecule has 5 unspecified atom stereocenters. The zero-order valence-electron chi connectivity index (χ0n) is 13.0.